The number of ether oxygens (including phenoxy) is 1. The zero-order valence-corrected chi connectivity index (χ0v) is 19.9. The largest absolute Gasteiger partial charge is 0.487 e. The number of pyridine rings is 1. The molecule has 1 atom stereocenters. The van der Waals surface area contributed by atoms with E-state index in [9.17, 15) is 48.5 Å². The topological polar surface area (TPSA) is 210 Å². The molecule has 1 saturated heterocycles. The summed E-state index contributed by atoms with van der Waals surface area (Å²) in [5.74, 6) is -3.00. The SMILES string of the molecule is CN1CCN(c2c(F)cc3c(=O)c(C(=O)O)cn4c3c2OCC4C(O)(P(=O)(O)O)P(=O)(O)O)CC1. The number of piperazine rings is 1. The molecule has 35 heavy (non-hydrogen) atoms. The Morgan fingerprint density at radius 2 is 1.71 bits per heavy atom. The molecular weight excluding hydrogens is 515 g/mol. The third kappa shape index (κ3) is 3.88. The fraction of sp³-hybridized carbons (Fsp3) is 0.444. The molecule has 3 heterocycles. The second-order valence-electron chi connectivity index (χ2n) is 8.41. The molecule has 1 unspecified atom stereocenters. The molecule has 0 spiro atoms. The molecule has 192 valence electrons. The first-order valence-corrected chi connectivity index (χ1v) is 13.4. The Morgan fingerprint density at radius 3 is 2.23 bits per heavy atom. The second-order valence-corrected chi connectivity index (χ2v) is 12.3. The molecular formula is C18H22FN3O11P2. The second kappa shape index (κ2) is 8.36. The average molecular weight is 537 g/mol. The molecule has 2 aromatic rings. The first-order chi connectivity index (χ1) is 16.1. The number of nitrogens with zero attached hydrogens (tertiary/aromatic N) is 3. The van der Waals surface area contributed by atoms with Gasteiger partial charge in [-0.2, -0.15) is 0 Å². The molecule has 0 bridgehead atoms. The van der Waals surface area contributed by atoms with Gasteiger partial charge in [0.15, 0.2) is 11.6 Å². The molecule has 2 aliphatic heterocycles. The van der Waals surface area contributed by atoms with Crippen molar-refractivity contribution in [2.24, 2.45) is 0 Å². The van der Waals surface area contributed by atoms with Crippen LogP contribution in [0.5, 0.6) is 5.75 Å². The molecule has 0 radical (unpaired) electrons. The molecule has 4 rings (SSSR count). The summed E-state index contributed by atoms with van der Waals surface area (Å²) < 4.78 is 45.8. The van der Waals surface area contributed by atoms with Gasteiger partial charge in [-0.25, -0.2) is 9.18 Å². The molecule has 6 N–H and O–H groups in total. The minimum atomic E-state index is -6.03. The lowest BCUT2D eigenvalue weighted by molar-refractivity contribution is 0.0548. The van der Waals surface area contributed by atoms with Crippen LogP contribution in [0.2, 0.25) is 0 Å². The number of carboxylic acids is 1. The van der Waals surface area contributed by atoms with E-state index >= 15 is 4.39 Å². The number of carboxylic acid groups (broad SMARTS) is 1. The number of hydrogen-bond donors (Lipinski definition) is 6. The number of carbonyl (C=O) groups is 1. The third-order valence-electron chi connectivity index (χ3n) is 6.27. The molecule has 0 saturated carbocycles. The Bertz CT molecular complexity index is 1350. The quantitative estimate of drug-likeness (QED) is 0.267. The van der Waals surface area contributed by atoms with Gasteiger partial charge in [-0.05, 0) is 13.1 Å². The minimum Gasteiger partial charge on any atom is -0.487 e. The maximum Gasteiger partial charge on any atom is 0.371 e. The summed E-state index contributed by atoms with van der Waals surface area (Å²) in [4.78, 5) is 67.1. The van der Waals surface area contributed by atoms with Crippen LogP contribution in [-0.2, 0) is 9.13 Å². The fourth-order valence-electron chi connectivity index (χ4n) is 4.40. The zero-order chi connectivity index (χ0) is 26.1. The van der Waals surface area contributed by atoms with Crippen molar-refractivity contribution in [2.75, 3.05) is 44.7 Å². The summed E-state index contributed by atoms with van der Waals surface area (Å²) in [6.07, 6.45) is 0.603. The number of halogens is 1. The van der Waals surface area contributed by atoms with Crippen molar-refractivity contribution in [1.29, 1.82) is 0 Å². The van der Waals surface area contributed by atoms with E-state index in [0.717, 1.165) is 6.07 Å². The van der Waals surface area contributed by atoms with E-state index in [1.54, 1.807) is 4.90 Å². The Hall–Kier alpha value is -2.35. The van der Waals surface area contributed by atoms with E-state index in [-0.39, 0.29) is 17.0 Å². The third-order valence-corrected chi connectivity index (χ3v) is 10.1. The Labute approximate surface area is 196 Å². The molecule has 17 heteroatoms. The van der Waals surface area contributed by atoms with E-state index < -0.39 is 61.1 Å². The molecule has 1 aromatic heterocycles. The van der Waals surface area contributed by atoms with Crippen LogP contribution < -0.4 is 15.1 Å². The number of aromatic nitrogens is 1. The lowest BCUT2D eigenvalue weighted by atomic mass is 10.0. The first-order valence-electron chi connectivity index (χ1n) is 10.1. The van der Waals surface area contributed by atoms with Gasteiger partial charge in [0.2, 0.25) is 5.43 Å². The van der Waals surface area contributed by atoms with E-state index in [2.05, 4.69) is 0 Å². The molecule has 0 aliphatic carbocycles. The van der Waals surface area contributed by atoms with Gasteiger partial charge in [-0.3, -0.25) is 13.9 Å². The predicted octanol–water partition coefficient (Wildman–Crippen LogP) is -0.474. The van der Waals surface area contributed by atoms with Crippen molar-refractivity contribution in [1.82, 2.24) is 9.47 Å². The smallest absolute Gasteiger partial charge is 0.371 e. The van der Waals surface area contributed by atoms with Crippen LogP contribution in [0.25, 0.3) is 10.9 Å². The summed E-state index contributed by atoms with van der Waals surface area (Å²) in [5, 5.41) is 15.6. The van der Waals surface area contributed by atoms with Gasteiger partial charge in [0.25, 0.3) is 5.08 Å². The van der Waals surface area contributed by atoms with Gasteiger partial charge < -0.3 is 48.9 Å². The Kier molecular flexibility index (Phi) is 6.14. The number of aromatic carboxylic acids is 1. The maximum atomic E-state index is 15.3. The van der Waals surface area contributed by atoms with E-state index in [0.29, 0.717) is 36.9 Å². The summed E-state index contributed by atoms with van der Waals surface area (Å²) in [6, 6.07) is -1.51. The minimum absolute atomic E-state index is 0.115. The van der Waals surface area contributed by atoms with E-state index in [1.807, 2.05) is 11.9 Å². The Balaban J connectivity index is 2.10. The molecule has 2 aliphatic rings. The van der Waals surface area contributed by atoms with Gasteiger partial charge >= 0.3 is 21.2 Å². The number of rotatable bonds is 5. The fourth-order valence-corrected chi connectivity index (χ4v) is 6.93. The lowest BCUT2D eigenvalue weighted by Crippen LogP contribution is -2.46. The number of hydrogen-bond acceptors (Lipinski definition) is 8. The first kappa shape index (κ1) is 25.7. The highest BCUT2D eigenvalue weighted by Gasteiger charge is 2.66. The van der Waals surface area contributed by atoms with Crippen molar-refractivity contribution < 1.29 is 52.8 Å². The molecule has 0 amide bonds. The van der Waals surface area contributed by atoms with Gasteiger partial charge in [-0.1, -0.05) is 0 Å². The maximum absolute atomic E-state index is 15.3. The van der Waals surface area contributed by atoms with Crippen molar-refractivity contribution >= 4 is 37.8 Å². The summed E-state index contributed by atoms with van der Waals surface area (Å²) in [7, 11) is -10.2. The Morgan fingerprint density at radius 1 is 1.14 bits per heavy atom. The van der Waals surface area contributed by atoms with Crippen molar-refractivity contribution in [3.8, 4) is 5.75 Å². The van der Waals surface area contributed by atoms with Crippen molar-refractivity contribution in [3.05, 3.63) is 33.9 Å². The van der Waals surface area contributed by atoms with Crippen LogP contribution >= 0.6 is 15.2 Å². The summed E-state index contributed by atoms with van der Waals surface area (Å²) in [5.41, 5.74) is -2.61. The average Bonchev–Trinajstić information content (AvgIpc) is 2.74. The van der Waals surface area contributed by atoms with Crippen LogP contribution in [0.4, 0.5) is 10.1 Å². The van der Waals surface area contributed by atoms with Gasteiger partial charge in [0, 0.05) is 32.4 Å². The molecule has 1 fully saturated rings. The van der Waals surface area contributed by atoms with Gasteiger partial charge in [-0.15, -0.1) is 0 Å². The highest BCUT2D eigenvalue weighted by atomic mass is 31.2. The van der Waals surface area contributed by atoms with Crippen LogP contribution in [0, 0.1) is 5.82 Å². The van der Waals surface area contributed by atoms with Crippen molar-refractivity contribution in [2.45, 2.75) is 11.1 Å². The van der Waals surface area contributed by atoms with Gasteiger partial charge in [0.05, 0.1) is 10.9 Å². The number of aliphatic hydroxyl groups is 1. The monoisotopic (exact) mass is 537 g/mol. The highest BCUT2D eigenvalue weighted by Crippen LogP contribution is 2.72. The van der Waals surface area contributed by atoms with E-state index in [1.165, 1.54) is 0 Å². The predicted molar refractivity (Wildman–Crippen MR) is 118 cm³/mol. The number of benzene rings is 1. The van der Waals surface area contributed by atoms with Gasteiger partial charge in [0.1, 0.15) is 23.9 Å². The standard InChI is InChI=1S/C18H22FN3O11P2/c1-20-2-4-21(5-3-20)14-11(19)6-9-13-16(14)33-8-12(18(26,34(27,28)29)35(30,31)32)22(13)7-10(15(9)23)17(24)25/h6-7,12,26H,2-5,8H2,1H3,(H,24,25)(H2,27,28,29)(H2,30,31,32). The van der Waals surface area contributed by atoms with Crippen LogP contribution in [0.15, 0.2) is 17.1 Å². The zero-order valence-electron chi connectivity index (χ0n) is 18.1. The number of likely N-dealkylation sites (N-methyl/N-ethyl adjacent to an activating group) is 1. The van der Waals surface area contributed by atoms with Crippen LogP contribution in [0.3, 0.4) is 0 Å². The lowest BCUT2D eigenvalue weighted by Gasteiger charge is -2.41. The molecule has 14 nitrogen and oxygen atoms in total. The molecule has 1 aromatic carbocycles. The number of anilines is 1. The highest BCUT2D eigenvalue weighted by molar-refractivity contribution is 7.72. The van der Waals surface area contributed by atoms with E-state index in [4.69, 9.17) is 4.74 Å². The normalized spacial score (nSPS) is 19.6. The summed E-state index contributed by atoms with van der Waals surface area (Å²) >= 11 is 0. The van der Waals surface area contributed by atoms with Crippen molar-refractivity contribution in [3.63, 3.8) is 0 Å². The van der Waals surface area contributed by atoms with Crippen LogP contribution in [0.1, 0.15) is 16.4 Å². The summed E-state index contributed by atoms with van der Waals surface area (Å²) in [6.45, 7) is 0.776. The van der Waals surface area contributed by atoms with Crippen LogP contribution in [-0.4, -0.2) is 90.1 Å².